The van der Waals surface area contributed by atoms with Crippen molar-refractivity contribution < 1.29 is 9.18 Å². The fraction of sp³-hybridized carbons (Fsp3) is 0.250. The third kappa shape index (κ3) is 3.59. The van der Waals surface area contributed by atoms with E-state index in [0.29, 0.717) is 16.5 Å². The standard InChI is InChI=1S/C12H12BrFO/c1-2-3-4-5-12(15)10-7-6-9(14)8-11(10)13/h2,6-8H,1,3-5H2. The maximum atomic E-state index is 12.8. The molecule has 0 unspecified atom stereocenters. The third-order valence-electron chi connectivity index (χ3n) is 2.04. The van der Waals surface area contributed by atoms with Gasteiger partial charge in [0.05, 0.1) is 0 Å². The molecule has 0 saturated heterocycles. The smallest absolute Gasteiger partial charge is 0.164 e. The lowest BCUT2D eigenvalue weighted by atomic mass is 10.1. The van der Waals surface area contributed by atoms with Gasteiger partial charge in [-0.3, -0.25) is 4.79 Å². The first-order valence-corrected chi connectivity index (χ1v) is 5.53. The molecule has 80 valence electrons. The molecule has 0 atom stereocenters. The van der Waals surface area contributed by atoms with Crippen LogP contribution in [-0.2, 0) is 0 Å². The van der Waals surface area contributed by atoms with Crippen molar-refractivity contribution in [3.05, 3.63) is 46.7 Å². The Bertz CT molecular complexity index is 374. The van der Waals surface area contributed by atoms with Gasteiger partial charge in [-0.2, -0.15) is 0 Å². The third-order valence-corrected chi connectivity index (χ3v) is 2.70. The Labute approximate surface area is 97.1 Å². The van der Waals surface area contributed by atoms with E-state index in [0.717, 1.165) is 12.8 Å². The summed E-state index contributed by atoms with van der Waals surface area (Å²) in [5.41, 5.74) is 0.542. The molecule has 0 saturated carbocycles. The topological polar surface area (TPSA) is 17.1 Å². The highest BCUT2D eigenvalue weighted by molar-refractivity contribution is 9.10. The highest BCUT2D eigenvalue weighted by Gasteiger charge is 2.09. The van der Waals surface area contributed by atoms with Gasteiger partial charge in [0.1, 0.15) is 5.82 Å². The lowest BCUT2D eigenvalue weighted by Crippen LogP contribution is -2.00. The largest absolute Gasteiger partial charge is 0.294 e. The van der Waals surface area contributed by atoms with Crippen LogP contribution in [0.4, 0.5) is 4.39 Å². The number of carbonyl (C=O) groups excluding carboxylic acids is 1. The Morgan fingerprint density at radius 2 is 2.27 bits per heavy atom. The van der Waals surface area contributed by atoms with Gasteiger partial charge >= 0.3 is 0 Å². The summed E-state index contributed by atoms with van der Waals surface area (Å²) < 4.78 is 13.3. The van der Waals surface area contributed by atoms with Crippen LogP contribution in [0.1, 0.15) is 29.6 Å². The van der Waals surface area contributed by atoms with Gasteiger partial charge in [-0.1, -0.05) is 6.08 Å². The van der Waals surface area contributed by atoms with E-state index in [4.69, 9.17) is 0 Å². The first kappa shape index (κ1) is 12.1. The zero-order chi connectivity index (χ0) is 11.3. The van der Waals surface area contributed by atoms with Crippen LogP contribution in [0.2, 0.25) is 0 Å². The number of halogens is 2. The Morgan fingerprint density at radius 3 is 2.87 bits per heavy atom. The summed E-state index contributed by atoms with van der Waals surface area (Å²) in [6, 6.07) is 4.11. The molecule has 0 aliphatic rings. The molecule has 0 radical (unpaired) electrons. The summed E-state index contributed by atoms with van der Waals surface area (Å²) in [7, 11) is 0. The summed E-state index contributed by atoms with van der Waals surface area (Å²) in [4.78, 5) is 11.7. The second kappa shape index (κ2) is 5.81. The first-order chi connectivity index (χ1) is 7.15. The van der Waals surface area contributed by atoms with Gasteiger partial charge in [-0.15, -0.1) is 6.58 Å². The van der Waals surface area contributed by atoms with E-state index in [1.54, 1.807) is 6.08 Å². The fourth-order valence-electron chi connectivity index (χ4n) is 1.26. The van der Waals surface area contributed by atoms with Crippen LogP contribution in [0.15, 0.2) is 35.3 Å². The molecule has 0 bridgehead atoms. The van der Waals surface area contributed by atoms with Crippen LogP contribution in [0.3, 0.4) is 0 Å². The van der Waals surface area contributed by atoms with Crippen LogP contribution in [0, 0.1) is 5.82 Å². The summed E-state index contributed by atoms with van der Waals surface area (Å²) in [6.07, 6.45) is 3.86. The molecule has 0 N–H and O–H groups in total. The number of allylic oxidation sites excluding steroid dienone is 1. The Morgan fingerprint density at radius 1 is 1.53 bits per heavy atom. The molecule has 1 aromatic carbocycles. The normalized spacial score (nSPS) is 10.0. The van der Waals surface area contributed by atoms with Crippen molar-refractivity contribution in [1.82, 2.24) is 0 Å². The van der Waals surface area contributed by atoms with E-state index in [2.05, 4.69) is 22.5 Å². The van der Waals surface area contributed by atoms with E-state index in [1.807, 2.05) is 0 Å². The molecule has 0 amide bonds. The molecule has 0 spiro atoms. The molecule has 1 nitrogen and oxygen atoms in total. The number of carbonyl (C=O) groups is 1. The number of rotatable bonds is 5. The van der Waals surface area contributed by atoms with Crippen molar-refractivity contribution in [2.24, 2.45) is 0 Å². The van der Waals surface area contributed by atoms with E-state index in [-0.39, 0.29) is 11.6 Å². The van der Waals surface area contributed by atoms with Gasteiger partial charge < -0.3 is 0 Å². The summed E-state index contributed by atoms with van der Waals surface area (Å²) in [6.45, 7) is 3.59. The van der Waals surface area contributed by atoms with Crippen molar-refractivity contribution in [3.63, 3.8) is 0 Å². The molecule has 3 heteroatoms. The maximum Gasteiger partial charge on any atom is 0.164 e. The highest BCUT2D eigenvalue weighted by Crippen LogP contribution is 2.20. The lowest BCUT2D eigenvalue weighted by molar-refractivity contribution is 0.0979. The zero-order valence-corrected chi connectivity index (χ0v) is 9.89. The molecular weight excluding hydrogens is 259 g/mol. The predicted molar refractivity (Wildman–Crippen MR) is 62.5 cm³/mol. The van der Waals surface area contributed by atoms with Gasteiger partial charge in [0.2, 0.25) is 0 Å². The van der Waals surface area contributed by atoms with E-state index in [9.17, 15) is 9.18 Å². The van der Waals surface area contributed by atoms with E-state index >= 15 is 0 Å². The van der Waals surface area contributed by atoms with Crippen molar-refractivity contribution in [3.8, 4) is 0 Å². The zero-order valence-electron chi connectivity index (χ0n) is 8.30. The SMILES string of the molecule is C=CCCCC(=O)c1ccc(F)cc1Br. The van der Waals surface area contributed by atoms with Gasteiger partial charge in [0.15, 0.2) is 5.78 Å². The van der Waals surface area contributed by atoms with Gasteiger partial charge in [0, 0.05) is 16.5 Å². The maximum absolute atomic E-state index is 12.8. The average Bonchev–Trinajstić information content (AvgIpc) is 2.17. The van der Waals surface area contributed by atoms with Gasteiger partial charge in [-0.05, 0) is 47.0 Å². The monoisotopic (exact) mass is 270 g/mol. The number of unbranched alkanes of at least 4 members (excludes halogenated alkanes) is 1. The molecule has 0 aliphatic heterocycles. The number of hydrogen-bond acceptors (Lipinski definition) is 1. The van der Waals surface area contributed by atoms with Crippen molar-refractivity contribution in [2.45, 2.75) is 19.3 Å². The van der Waals surface area contributed by atoms with Crippen LogP contribution in [-0.4, -0.2) is 5.78 Å². The van der Waals surface area contributed by atoms with Crippen LogP contribution in [0.25, 0.3) is 0 Å². The number of hydrogen-bond donors (Lipinski definition) is 0. The minimum absolute atomic E-state index is 0.0312. The van der Waals surface area contributed by atoms with Gasteiger partial charge in [-0.25, -0.2) is 4.39 Å². The Hall–Kier alpha value is -0.960. The molecule has 15 heavy (non-hydrogen) atoms. The Balaban J connectivity index is 2.69. The molecule has 0 heterocycles. The predicted octanol–water partition coefficient (Wildman–Crippen LogP) is 4.13. The van der Waals surface area contributed by atoms with E-state index < -0.39 is 0 Å². The average molecular weight is 271 g/mol. The van der Waals surface area contributed by atoms with Crippen LogP contribution >= 0.6 is 15.9 Å². The second-order valence-electron chi connectivity index (χ2n) is 3.23. The number of ketones is 1. The minimum atomic E-state index is -0.343. The summed E-state index contributed by atoms with van der Waals surface area (Å²) in [5, 5.41) is 0. The second-order valence-corrected chi connectivity index (χ2v) is 4.08. The molecule has 0 aliphatic carbocycles. The van der Waals surface area contributed by atoms with E-state index in [1.165, 1.54) is 18.2 Å². The summed E-state index contributed by atoms with van der Waals surface area (Å²) >= 11 is 3.18. The minimum Gasteiger partial charge on any atom is -0.294 e. The molecule has 1 rings (SSSR count). The highest BCUT2D eigenvalue weighted by atomic mass is 79.9. The number of benzene rings is 1. The number of Topliss-reactive ketones (excluding diaryl/α,β-unsaturated/α-hetero) is 1. The van der Waals surface area contributed by atoms with Crippen molar-refractivity contribution in [1.29, 1.82) is 0 Å². The van der Waals surface area contributed by atoms with Gasteiger partial charge in [0.25, 0.3) is 0 Å². The van der Waals surface area contributed by atoms with Crippen molar-refractivity contribution >= 4 is 21.7 Å². The lowest BCUT2D eigenvalue weighted by Gasteiger charge is -2.02. The molecular formula is C12H12BrFO. The fourth-order valence-corrected chi connectivity index (χ4v) is 1.83. The Kier molecular flexibility index (Phi) is 4.69. The quantitative estimate of drug-likeness (QED) is 0.447. The molecule has 0 fully saturated rings. The molecule has 1 aromatic rings. The molecule has 0 aromatic heterocycles. The van der Waals surface area contributed by atoms with Crippen LogP contribution in [0.5, 0.6) is 0 Å². The van der Waals surface area contributed by atoms with Crippen LogP contribution < -0.4 is 0 Å². The van der Waals surface area contributed by atoms with Crippen molar-refractivity contribution in [2.75, 3.05) is 0 Å². The first-order valence-electron chi connectivity index (χ1n) is 4.74. The summed E-state index contributed by atoms with van der Waals surface area (Å²) in [5.74, 6) is -0.312.